The third kappa shape index (κ3) is 3.80. The molecule has 2 aromatic carbocycles. The van der Waals surface area contributed by atoms with Gasteiger partial charge in [-0.1, -0.05) is 18.2 Å². The Morgan fingerprint density at radius 2 is 1.44 bits per heavy atom. The van der Waals surface area contributed by atoms with Gasteiger partial charge in [0.05, 0.1) is 24.3 Å². The fourth-order valence-electron chi connectivity index (χ4n) is 2.61. The van der Waals surface area contributed by atoms with Crippen molar-refractivity contribution < 1.29 is 24.2 Å². The van der Waals surface area contributed by atoms with E-state index in [1.165, 1.54) is 4.90 Å². The number of aliphatic hydroxyl groups is 1. The lowest BCUT2D eigenvalue weighted by Crippen LogP contribution is -2.33. The van der Waals surface area contributed by atoms with Gasteiger partial charge in [0, 0.05) is 19.1 Å². The molecule has 6 heteroatoms. The van der Waals surface area contributed by atoms with Crippen LogP contribution < -0.4 is 9.47 Å². The molecule has 0 atom stereocenters. The highest BCUT2D eigenvalue weighted by Crippen LogP contribution is 2.23. The lowest BCUT2D eigenvalue weighted by molar-refractivity contribution is 0.0631. The van der Waals surface area contributed by atoms with Gasteiger partial charge in [-0.05, 0) is 24.3 Å². The topological polar surface area (TPSA) is 76.1 Å². The van der Waals surface area contributed by atoms with Crippen molar-refractivity contribution >= 4 is 11.8 Å². The van der Waals surface area contributed by atoms with E-state index in [0.29, 0.717) is 35.7 Å². The van der Waals surface area contributed by atoms with Crippen LogP contribution in [0.15, 0.2) is 48.5 Å². The van der Waals surface area contributed by atoms with Crippen molar-refractivity contribution in [1.29, 1.82) is 0 Å². The second-order valence-electron chi connectivity index (χ2n) is 5.56. The normalized spacial score (nSPS) is 13.1. The van der Waals surface area contributed by atoms with Crippen LogP contribution in [0.25, 0.3) is 0 Å². The first-order valence-corrected chi connectivity index (χ1v) is 8.12. The molecular weight excluding hydrogens is 322 g/mol. The van der Waals surface area contributed by atoms with Crippen molar-refractivity contribution in [3.8, 4) is 11.5 Å². The van der Waals surface area contributed by atoms with Crippen LogP contribution in [0.1, 0.15) is 27.1 Å². The summed E-state index contributed by atoms with van der Waals surface area (Å²) in [6.45, 7) is 0.888. The maximum Gasteiger partial charge on any atom is 0.261 e. The van der Waals surface area contributed by atoms with Gasteiger partial charge < -0.3 is 14.6 Å². The molecule has 1 N–H and O–H groups in total. The van der Waals surface area contributed by atoms with Crippen LogP contribution in [0.4, 0.5) is 0 Å². The van der Waals surface area contributed by atoms with E-state index in [4.69, 9.17) is 14.6 Å². The third-order valence-electron chi connectivity index (χ3n) is 3.84. The first-order valence-electron chi connectivity index (χ1n) is 8.12. The molecule has 3 rings (SSSR count). The van der Waals surface area contributed by atoms with E-state index in [0.717, 1.165) is 0 Å². The number of amides is 2. The maximum atomic E-state index is 12.3. The van der Waals surface area contributed by atoms with E-state index in [1.807, 2.05) is 0 Å². The molecule has 0 unspecified atom stereocenters. The number of ether oxygens (including phenoxy) is 2. The lowest BCUT2D eigenvalue weighted by Gasteiger charge is -2.15. The van der Waals surface area contributed by atoms with Crippen LogP contribution >= 0.6 is 0 Å². The molecule has 2 amide bonds. The third-order valence-corrected chi connectivity index (χ3v) is 3.84. The highest BCUT2D eigenvalue weighted by atomic mass is 16.5. The SMILES string of the molecule is O=C1c2ccccc2C(=O)N1CCOc1cccc(OCCCO)c1. The number of nitrogens with zero attached hydrogens (tertiary/aromatic N) is 1. The molecule has 1 aliphatic heterocycles. The van der Waals surface area contributed by atoms with Gasteiger partial charge in [-0.15, -0.1) is 0 Å². The zero-order valence-electron chi connectivity index (χ0n) is 13.7. The van der Waals surface area contributed by atoms with Gasteiger partial charge in [-0.25, -0.2) is 0 Å². The monoisotopic (exact) mass is 341 g/mol. The van der Waals surface area contributed by atoms with E-state index < -0.39 is 0 Å². The van der Waals surface area contributed by atoms with E-state index in [-0.39, 0.29) is 31.6 Å². The smallest absolute Gasteiger partial charge is 0.261 e. The van der Waals surface area contributed by atoms with Crippen molar-refractivity contribution in [2.75, 3.05) is 26.4 Å². The number of aliphatic hydroxyl groups excluding tert-OH is 1. The van der Waals surface area contributed by atoms with Crippen molar-refractivity contribution in [3.05, 3.63) is 59.7 Å². The van der Waals surface area contributed by atoms with Gasteiger partial charge >= 0.3 is 0 Å². The molecular formula is C19H19NO5. The molecule has 25 heavy (non-hydrogen) atoms. The predicted molar refractivity (Wildman–Crippen MR) is 90.9 cm³/mol. The standard InChI is InChI=1S/C19H19NO5/c21-10-4-11-24-14-5-3-6-15(13-14)25-12-9-20-18(22)16-7-1-2-8-17(16)19(20)23/h1-3,5-8,13,21H,4,9-12H2. The number of hydrogen-bond donors (Lipinski definition) is 1. The molecule has 2 aromatic rings. The van der Waals surface area contributed by atoms with Crippen LogP contribution in [0.2, 0.25) is 0 Å². The van der Waals surface area contributed by atoms with Gasteiger partial charge in [0.2, 0.25) is 0 Å². The summed E-state index contributed by atoms with van der Waals surface area (Å²) in [6.07, 6.45) is 0.560. The van der Waals surface area contributed by atoms with Gasteiger partial charge in [0.15, 0.2) is 0 Å². The van der Waals surface area contributed by atoms with E-state index in [2.05, 4.69) is 0 Å². The average molecular weight is 341 g/mol. The molecule has 0 radical (unpaired) electrons. The Morgan fingerprint density at radius 3 is 2.04 bits per heavy atom. The summed E-state index contributed by atoms with van der Waals surface area (Å²) in [7, 11) is 0. The quantitative estimate of drug-likeness (QED) is 0.588. The number of rotatable bonds is 8. The fraction of sp³-hybridized carbons (Fsp3) is 0.263. The molecule has 6 nitrogen and oxygen atoms in total. The predicted octanol–water partition coefficient (Wildman–Crippen LogP) is 2.12. The van der Waals surface area contributed by atoms with Gasteiger partial charge in [-0.2, -0.15) is 0 Å². The summed E-state index contributed by atoms with van der Waals surface area (Å²) < 4.78 is 11.1. The van der Waals surface area contributed by atoms with E-state index >= 15 is 0 Å². The summed E-state index contributed by atoms with van der Waals surface area (Å²) >= 11 is 0. The Bertz CT molecular complexity index is 739. The molecule has 0 saturated heterocycles. The number of fused-ring (bicyclic) bond motifs is 1. The lowest BCUT2D eigenvalue weighted by atomic mass is 10.1. The van der Waals surface area contributed by atoms with Crippen LogP contribution in [0.5, 0.6) is 11.5 Å². The van der Waals surface area contributed by atoms with E-state index in [1.54, 1.807) is 48.5 Å². The first kappa shape index (κ1) is 17.0. The largest absolute Gasteiger partial charge is 0.493 e. The van der Waals surface area contributed by atoms with Gasteiger partial charge in [-0.3, -0.25) is 14.5 Å². The Kier molecular flexibility index (Phi) is 5.30. The Morgan fingerprint density at radius 1 is 0.840 bits per heavy atom. The van der Waals surface area contributed by atoms with Crippen LogP contribution in [-0.4, -0.2) is 48.2 Å². The van der Waals surface area contributed by atoms with Crippen molar-refractivity contribution in [2.24, 2.45) is 0 Å². The average Bonchev–Trinajstić information content (AvgIpc) is 2.88. The molecule has 0 saturated carbocycles. The molecule has 1 heterocycles. The highest BCUT2D eigenvalue weighted by molar-refractivity contribution is 6.21. The number of imide groups is 1. The number of hydrogen-bond acceptors (Lipinski definition) is 5. The van der Waals surface area contributed by atoms with Crippen LogP contribution in [-0.2, 0) is 0 Å². The molecule has 0 spiro atoms. The van der Waals surface area contributed by atoms with Crippen molar-refractivity contribution in [3.63, 3.8) is 0 Å². The highest BCUT2D eigenvalue weighted by Gasteiger charge is 2.34. The number of benzene rings is 2. The Hall–Kier alpha value is -2.86. The minimum absolute atomic E-state index is 0.0798. The Labute approximate surface area is 145 Å². The maximum absolute atomic E-state index is 12.3. The first-order chi connectivity index (χ1) is 12.2. The zero-order chi connectivity index (χ0) is 17.6. The summed E-state index contributed by atoms with van der Waals surface area (Å²) in [5.74, 6) is 0.667. The fourth-order valence-corrected chi connectivity index (χ4v) is 2.61. The van der Waals surface area contributed by atoms with Gasteiger partial charge in [0.25, 0.3) is 11.8 Å². The Balaban J connectivity index is 1.54. The minimum Gasteiger partial charge on any atom is -0.493 e. The zero-order valence-corrected chi connectivity index (χ0v) is 13.7. The van der Waals surface area contributed by atoms with Crippen LogP contribution in [0, 0.1) is 0 Å². The summed E-state index contributed by atoms with van der Waals surface area (Å²) in [4.78, 5) is 25.7. The summed E-state index contributed by atoms with van der Waals surface area (Å²) in [5, 5.41) is 8.76. The molecule has 0 aromatic heterocycles. The summed E-state index contributed by atoms with van der Waals surface area (Å²) in [6, 6.07) is 13.9. The molecule has 0 bridgehead atoms. The molecule has 0 aliphatic carbocycles. The van der Waals surface area contributed by atoms with Crippen LogP contribution in [0.3, 0.4) is 0 Å². The second kappa shape index (κ2) is 7.81. The second-order valence-corrected chi connectivity index (χ2v) is 5.56. The van der Waals surface area contributed by atoms with E-state index in [9.17, 15) is 9.59 Å². The minimum atomic E-state index is -0.287. The van der Waals surface area contributed by atoms with Crippen molar-refractivity contribution in [1.82, 2.24) is 4.90 Å². The molecule has 1 aliphatic rings. The molecule has 0 fully saturated rings. The van der Waals surface area contributed by atoms with Crippen molar-refractivity contribution in [2.45, 2.75) is 6.42 Å². The number of carbonyl (C=O) groups is 2. The number of carbonyl (C=O) groups excluding carboxylic acids is 2. The van der Waals surface area contributed by atoms with Gasteiger partial charge in [0.1, 0.15) is 18.1 Å². The summed E-state index contributed by atoms with van der Waals surface area (Å²) in [5.41, 5.74) is 0.874. The molecule has 130 valence electrons.